The molecule has 0 unspecified atom stereocenters. The Labute approximate surface area is 120 Å². The number of nitrogens with zero attached hydrogens (tertiary/aromatic N) is 4. The molecule has 0 aliphatic heterocycles. The van der Waals surface area contributed by atoms with Gasteiger partial charge in [-0.2, -0.15) is 5.10 Å². The van der Waals surface area contributed by atoms with E-state index in [1.165, 1.54) is 10.7 Å². The summed E-state index contributed by atoms with van der Waals surface area (Å²) in [5.41, 5.74) is 2.20. The molecule has 0 fully saturated rings. The van der Waals surface area contributed by atoms with Gasteiger partial charge >= 0.3 is 5.97 Å². The summed E-state index contributed by atoms with van der Waals surface area (Å²) in [5.74, 6) is -0.526. The smallest absolute Gasteiger partial charge is 0.356 e. The molecule has 0 aromatic carbocycles. The lowest BCUT2D eigenvalue weighted by Crippen LogP contribution is -2.04. The van der Waals surface area contributed by atoms with E-state index in [0.717, 1.165) is 5.56 Å². The van der Waals surface area contributed by atoms with Gasteiger partial charge in [0.1, 0.15) is 0 Å². The van der Waals surface area contributed by atoms with Crippen LogP contribution in [0.15, 0.2) is 48.8 Å². The molecule has 0 amide bonds. The van der Waals surface area contributed by atoms with E-state index in [0.29, 0.717) is 17.2 Å². The van der Waals surface area contributed by atoms with Crippen molar-refractivity contribution in [2.75, 3.05) is 0 Å². The van der Waals surface area contributed by atoms with Gasteiger partial charge in [-0.3, -0.25) is 4.98 Å². The van der Waals surface area contributed by atoms with Gasteiger partial charge in [0.25, 0.3) is 0 Å². The number of aromatic carboxylic acids is 1. The Morgan fingerprint density at radius 3 is 2.67 bits per heavy atom. The second-order valence-corrected chi connectivity index (χ2v) is 4.54. The summed E-state index contributed by atoms with van der Waals surface area (Å²) in [6, 6.07) is 10.6. The van der Waals surface area contributed by atoms with Crippen LogP contribution in [0, 0.1) is 6.92 Å². The van der Waals surface area contributed by atoms with Gasteiger partial charge < -0.3 is 5.11 Å². The van der Waals surface area contributed by atoms with Gasteiger partial charge in [-0.25, -0.2) is 14.5 Å². The van der Waals surface area contributed by atoms with Crippen LogP contribution in [0.4, 0.5) is 0 Å². The zero-order valence-electron chi connectivity index (χ0n) is 11.3. The number of aryl methyl sites for hydroxylation is 1. The van der Waals surface area contributed by atoms with E-state index in [1.807, 2.05) is 25.1 Å². The molecule has 0 atom stereocenters. The Morgan fingerprint density at radius 1 is 1.14 bits per heavy atom. The van der Waals surface area contributed by atoms with E-state index in [-0.39, 0.29) is 5.69 Å². The summed E-state index contributed by atoms with van der Waals surface area (Å²) in [4.78, 5) is 19.7. The molecule has 104 valence electrons. The minimum absolute atomic E-state index is 0.0426. The van der Waals surface area contributed by atoms with Crippen LogP contribution in [0.5, 0.6) is 0 Å². The van der Waals surface area contributed by atoms with Crippen molar-refractivity contribution in [2.24, 2.45) is 0 Å². The average molecular weight is 280 g/mol. The molecule has 0 radical (unpaired) electrons. The highest BCUT2D eigenvalue weighted by Crippen LogP contribution is 2.21. The summed E-state index contributed by atoms with van der Waals surface area (Å²) < 4.78 is 1.50. The van der Waals surface area contributed by atoms with Gasteiger partial charge in [0.2, 0.25) is 0 Å². The normalized spacial score (nSPS) is 10.5. The number of rotatable bonds is 3. The number of carboxylic acids is 1. The molecule has 0 aliphatic rings. The maximum absolute atomic E-state index is 11.2. The summed E-state index contributed by atoms with van der Waals surface area (Å²) in [6.07, 6.45) is 3.31. The van der Waals surface area contributed by atoms with Gasteiger partial charge in [0.15, 0.2) is 11.5 Å². The van der Waals surface area contributed by atoms with Crippen molar-refractivity contribution in [3.63, 3.8) is 0 Å². The second kappa shape index (κ2) is 5.16. The zero-order chi connectivity index (χ0) is 14.8. The van der Waals surface area contributed by atoms with Crippen LogP contribution in [-0.4, -0.2) is 30.8 Å². The summed E-state index contributed by atoms with van der Waals surface area (Å²) in [6.45, 7) is 1.94. The van der Waals surface area contributed by atoms with Gasteiger partial charge in [-0.1, -0.05) is 6.07 Å². The van der Waals surface area contributed by atoms with Crippen molar-refractivity contribution >= 4 is 5.97 Å². The Morgan fingerprint density at radius 2 is 2.00 bits per heavy atom. The van der Waals surface area contributed by atoms with Gasteiger partial charge in [-0.05, 0) is 36.8 Å². The van der Waals surface area contributed by atoms with E-state index in [2.05, 4.69) is 15.1 Å². The van der Waals surface area contributed by atoms with Crippen molar-refractivity contribution in [2.45, 2.75) is 6.92 Å². The quantitative estimate of drug-likeness (QED) is 0.796. The first-order valence-corrected chi connectivity index (χ1v) is 6.33. The first kappa shape index (κ1) is 13.0. The molecule has 3 aromatic heterocycles. The van der Waals surface area contributed by atoms with Gasteiger partial charge in [0, 0.05) is 18.5 Å². The molecule has 6 nitrogen and oxygen atoms in total. The second-order valence-electron chi connectivity index (χ2n) is 4.54. The Kier molecular flexibility index (Phi) is 3.19. The van der Waals surface area contributed by atoms with E-state index in [4.69, 9.17) is 5.11 Å². The molecule has 3 rings (SSSR count). The predicted octanol–water partition coefficient (Wildman–Crippen LogP) is 2.34. The van der Waals surface area contributed by atoms with E-state index in [1.54, 1.807) is 24.5 Å². The Hall–Kier alpha value is -3.02. The summed E-state index contributed by atoms with van der Waals surface area (Å²) in [7, 11) is 0. The van der Waals surface area contributed by atoms with Crippen LogP contribution in [0.2, 0.25) is 0 Å². The summed E-state index contributed by atoms with van der Waals surface area (Å²) in [5, 5.41) is 13.3. The molecule has 0 aliphatic carbocycles. The number of pyridine rings is 2. The molecule has 21 heavy (non-hydrogen) atoms. The Balaban J connectivity index is 2.21. The third kappa shape index (κ3) is 2.51. The van der Waals surface area contributed by atoms with Crippen LogP contribution in [0.3, 0.4) is 0 Å². The monoisotopic (exact) mass is 280 g/mol. The minimum atomic E-state index is -1.08. The van der Waals surface area contributed by atoms with Gasteiger partial charge in [0.05, 0.1) is 11.4 Å². The molecular weight excluding hydrogens is 268 g/mol. The molecule has 3 aromatic rings. The van der Waals surface area contributed by atoms with Crippen molar-refractivity contribution in [1.29, 1.82) is 0 Å². The third-order valence-electron chi connectivity index (χ3n) is 2.97. The lowest BCUT2D eigenvalue weighted by atomic mass is 10.2. The number of carbonyl (C=O) groups is 1. The molecular formula is C15H12N4O2. The SMILES string of the molecule is Cc1ccnc(-n2nc(C(=O)O)cc2-c2ccccn2)c1. The highest BCUT2D eigenvalue weighted by Gasteiger charge is 2.17. The highest BCUT2D eigenvalue weighted by molar-refractivity contribution is 5.87. The predicted molar refractivity (Wildman–Crippen MR) is 76.3 cm³/mol. The van der Waals surface area contributed by atoms with Crippen LogP contribution >= 0.6 is 0 Å². The number of aromatic nitrogens is 4. The largest absolute Gasteiger partial charge is 0.476 e. The fraction of sp³-hybridized carbons (Fsp3) is 0.0667. The highest BCUT2D eigenvalue weighted by atomic mass is 16.4. The van der Waals surface area contributed by atoms with Crippen molar-refractivity contribution in [3.05, 3.63) is 60.0 Å². The molecule has 3 heterocycles. The number of hydrogen-bond donors (Lipinski definition) is 1. The fourth-order valence-corrected chi connectivity index (χ4v) is 1.99. The molecule has 0 bridgehead atoms. The van der Waals surface area contributed by atoms with E-state index >= 15 is 0 Å². The number of hydrogen-bond acceptors (Lipinski definition) is 4. The van der Waals surface area contributed by atoms with Crippen molar-refractivity contribution in [3.8, 4) is 17.2 Å². The lowest BCUT2D eigenvalue weighted by Gasteiger charge is -2.06. The van der Waals surface area contributed by atoms with E-state index < -0.39 is 5.97 Å². The molecule has 0 saturated carbocycles. The molecule has 6 heteroatoms. The molecule has 0 saturated heterocycles. The fourth-order valence-electron chi connectivity index (χ4n) is 1.99. The summed E-state index contributed by atoms with van der Waals surface area (Å²) >= 11 is 0. The first-order chi connectivity index (χ1) is 10.1. The van der Waals surface area contributed by atoms with Gasteiger partial charge in [-0.15, -0.1) is 0 Å². The molecule has 1 N–H and O–H groups in total. The number of carboxylic acid groups (broad SMARTS) is 1. The van der Waals surface area contributed by atoms with Crippen molar-refractivity contribution in [1.82, 2.24) is 19.7 Å². The topological polar surface area (TPSA) is 80.9 Å². The maximum Gasteiger partial charge on any atom is 0.356 e. The van der Waals surface area contributed by atoms with Crippen LogP contribution in [-0.2, 0) is 0 Å². The average Bonchev–Trinajstić information content (AvgIpc) is 2.93. The maximum atomic E-state index is 11.2. The van der Waals surface area contributed by atoms with Crippen molar-refractivity contribution < 1.29 is 9.90 Å². The lowest BCUT2D eigenvalue weighted by molar-refractivity contribution is 0.0690. The Bertz CT molecular complexity index is 796. The van der Waals surface area contributed by atoms with Crippen LogP contribution in [0.1, 0.15) is 16.1 Å². The van der Waals surface area contributed by atoms with Crippen LogP contribution < -0.4 is 0 Å². The zero-order valence-corrected chi connectivity index (χ0v) is 11.3. The standard InChI is InChI=1S/C15H12N4O2/c1-10-5-7-17-14(8-10)19-13(9-12(18-19)15(20)21)11-4-2-3-6-16-11/h2-9H,1H3,(H,20,21). The third-order valence-corrected chi connectivity index (χ3v) is 2.97. The van der Waals surface area contributed by atoms with E-state index in [9.17, 15) is 4.79 Å². The first-order valence-electron chi connectivity index (χ1n) is 6.33. The molecule has 0 spiro atoms. The minimum Gasteiger partial charge on any atom is -0.476 e. The van der Waals surface area contributed by atoms with Crippen LogP contribution in [0.25, 0.3) is 17.2 Å².